The first-order chi connectivity index (χ1) is 5.49. The predicted molar refractivity (Wildman–Crippen MR) is 57.2 cm³/mol. The molecule has 0 saturated heterocycles. The van der Waals surface area contributed by atoms with Crippen molar-refractivity contribution < 1.29 is 0 Å². The molecule has 0 saturated carbocycles. The third kappa shape index (κ3) is 3.56. The molecule has 0 aromatic heterocycles. The normalized spacial score (nSPS) is 11.2. The van der Waals surface area contributed by atoms with Gasteiger partial charge in [0.15, 0.2) is 0 Å². The molecule has 0 aromatic rings. The van der Waals surface area contributed by atoms with Crippen LogP contribution in [0.4, 0.5) is 0 Å². The summed E-state index contributed by atoms with van der Waals surface area (Å²) < 4.78 is 0. The molecule has 0 N–H and O–H groups in total. The number of hydrogen-bond acceptors (Lipinski definition) is 0. The molecule has 0 aliphatic carbocycles. The van der Waals surface area contributed by atoms with Crippen LogP contribution in [0.15, 0.2) is 34.9 Å². The summed E-state index contributed by atoms with van der Waals surface area (Å²) in [4.78, 5) is 0. The van der Waals surface area contributed by atoms with Gasteiger partial charge in [-0.05, 0) is 45.3 Å². The van der Waals surface area contributed by atoms with Crippen LogP contribution in [0.1, 0.15) is 41.0 Å². The molecule has 0 heteroatoms. The van der Waals surface area contributed by atoms with Crippen LogP contribution in [-0.4, -0.2) is 0 Å². The molecule has 0 aliphatic rings. The molecule has 0 unspecified atom stereocenters. The minimum absolute atomic E-state index is 1.11. The van der Waals surface area contributed by atoms with E-state index in [4.69, 9.17) is 0 Å². The van der Waals surface area contributed by atoms with Crippen molar-refractivity contribution in [1.29, 1.82) is 0 Å². The van der Waals surface area contributed by atoms with E-state index in [-0.39, 0.29) is 0 Å². The van der Waals surface area contributed by atoms with Crippen LogP contribution in [0.25, 0.3) is 0 Å². The van der Waals surface area contributed by atoms with E-state index in [1.807, 2.05) is 6.92 Å². The quantitative estimate of drug-likeness (QED) is 0.547. The predicted octanol–water partition coefficient (Wildman–Crippen LogP) is 4.26. The van der Waals surface area contributed by atoms with E-state index < -0.39 is 0 Å². The fourth-order valence-corrected chi connectivity index (χ4v) is 1.48. The standard InChI is InChI=1S/C12H20/c1-7-12(10(4)5)11(6)8-9(2)3/h8H,2,7H2,1,3-6H3/b11-8-. The van der Waals surface area contributed by atoms with Gasteiger partial charge in [-0.25, -0.2) is 0 Å². The topological polar surface area (TPSA) is 0 Å². The average Bonchev–Trinajstić information content (AvgIpc) is 1.85. The van der Waals surface area contributed by atoms with Crippen LogP contribution in [0.2, 0.25) is 0 Å². The molecular formula is C12H20. The van der Waals surface area contributed by atoms with Crippen molar-refractivity contribution in [2.24, 2.45) is 0 Å². The van der Waals surface area contributed by atoms with Gasteiger partial charge in [0.25, 0.3) is 0 Å². The Bertz CT molecular complexity index is 222. The Morgan fingerprint density at radius 3 is 1.92 bits per heavy atom. The molecule has 0 aromatic carbocycles. The SMILES string of the molecule is C=C(C)/C=C(/C)C(CC)=C(C)C. The molecule has 0 radical (unpaired) electrons. The summed E-state index contributed by atoms with van der Waals surface area (Å²) in [5, 5.41) is 0. The highest BCUT2D eigenvalue weighted by molar-refractivity contribution is 5.36. The summed E-state index contributed by atoms with van der Waals surface area (Å²) in [5.74, 6) is 0. The van der Waals surface area contributed by atoms with Gasteiger partial charge in [0, 0.05) is 0 Å². The second-order valence-electron chi connectivity index (χ2n) is 3.51. The van der Waals surface area contributed by atoms with E-state index in [0.717, 1.165) is 12.0 Å². The van der Waals surface area contributed by atoms with E-state index in [0.29, 0.717) is 0 Å². The lowest BCUT2D eigenvalue weighted by atomic mass is 9.99. The van der Waals surface area contributed by atoms with Crippen LogP contribution in [0.5, 0.6) is 0 Å². The average molecular weight is 164 g/mol. The molecule has 0 aliphatic heterocycles. The molecule has 0 atom stereocenters. The van der Waals surface area contributed by atoms with E-state index in [9.17, 15) is 0 Å². The molecule has 0 heterocycles. The van der Waals surface area contributed by atoms with Crippen molar-refractivity contribution in [1.82, 2.24) is 0 Å². The summed E-state index contributed by atoms with van der Waals surface area (Å²) in [5.41, 5.74) is 5.34. The lowest BCUT2D eigenvalue weighted by Gasteiger charge is -2.07. The zero-order chi connectivity index (χ0) is 9.72. The maximum absolute atomic E-state index is 3.87. The molecular weight excluding hydrogens is 144 g/mol. The monoisotopic (exact) mass is 164 g/mol. The van der Waals surface area contributed by atoms with Gasteiger partial charge in [0.1, 0.15) is 0 Å². The first-order valence-corrected chi connectivity index (χ1v) is 4.49. The minimum Gasteiger partial charge on any atom is -0.0961 e. The summed E-state index contributed by atoms with van der Waals surface area (Å²) in [7, 11) is 0. The molecule has 0 rings (SSSR count). The maximum Gasteiger partial charge on any atom is -0.0305 e. The van der Waals surface area contributed by atoms with Crippen molar-refractivity contribution in [2.75, 3.05) is 0 Å². The number of hydrogen-bond donors (Lipinski definition) is 0. The van der Waals surface area contributed by atoms with Crippen molar-refractivity contribution in [3.05, 3.63) is 34.9 Å². The second-order valence-corrected chi connectivity index (χ2v) is 3.51. The molecule has 0 bridgehead atoms. The molecule has 0 fully saturated rings. The van der Waals surface area contributed by atoms with Crippen molar-refractivity contribution in [3.8, 4) is 0 Å². The van der Waals surface area contributed by atoms with Crippen LogP contribution in [0, 0.1) is 0 Å². The van der Waals surface area contributed by atoms with Crippen LogP contribution in [-0.2, 0) is 0 Å². The molecule has 0 nitrogen and oxygen atoms in total. The van der Waals surface area contributed by atoms with E-state index in [2.05, 4.69) is 40.3 Å². The lowest BCUT2D eigenvalue weighted by molar-refractivity contribution is 1.06. The van der Waals surface area contributed by atoms with E-state index >= 15 is 0 Å². The Balaban J connectivity index is 4.78. The Labute approximate surface area is 76.7 Å². The molecule has 0 spiro atoms. The maximum atomic E-state index is 3.87. The summed E-state index contributed by atoms with van der Waals surface area (Å²) in [6, 6.07) is 0. The Morgan fingerprint density at radius 2 is 1.67 bits per heavy atom. The minimum atomic E-state index is 1.11. The van der Waals surface area contributed by atoms with Gasteiger partial charge in [-0.1, -0.05) is 30.7 Å². The first-order valence-electron chi connectivity index (χ1n) is 4.49. The first kappa shape index (κ1) is 11.2. The Morgan fingerprint density at radius 1 is 1.17 bits per heavy atom. The van der Waals surface area contributed by atoms with E-state index in [1.165, 1.54) is 16.7 Å². The summed E-state index contributed by atoms with van der Waals surface area (Å²) in [6.07, 6.45) is 3.25. The molecule has 12 heavy (non-hydrogen) atoms. The highest BCUT2D eigenvalue weighted by Gasteiger charge is 1.98. The van der Waals surface area contributed by atoms with Crippen molar-refractivity contribution >= 4 is 0 Å². The van der Waals surface area contributed by atoms with Gasteiger partial charge in [-0.15, -0.1) is 0 Å². The van der Waals surface area contributed by atoms with Crippen LogP contribution in [0.3, 0.4) is 0 Å². The number of allylic oxidation sites excluding steroid dienone is 5. The van der Waals surface area contributed by atoms with Gasteiger partial charge in [-0.2, -0.15) is 0 Å². The Kier molecular flexibility index (Phi) is 4.65. The zero-order valence-corrected chi connectivity index (χ0v) is 8.99. The van der Waals surface area contributed by atoms with Crippen molar-refractivity contribution in [2.45, 2.75) is 41.0 Å². The van der Waals surface area contributed by atoms with Gasteiger partial charge in [0.2, 0.25) is 0 Å². The largest absolute Gasteiger partial charge is 0.0961 e. The van der Waals surface area contributed by atoms with Crippen LogP contribution < -0.4 is 0 Å². The van der Waals surface area contributed by atoms with E-state index in [1.54, 1.807) is 0 Å². The van der Waals surface area contributed by atoms with Gasteiger partial charge in [0.05, 0.1) is 0 Å². The molecule has 68 valence electrons. The van der Waals surface area contributed by atoms with Gasteiger partial charge in [-0.3, -0.25) is 0 Å². The molecule has 0 amide bonds. The smallest absolute Gasteiger partial charge is 0.0305 e. The highest BCUT2D eigenvalue weighted by atomic mass is 14.0. The second kappa shape index (κ2) is 4.97. The Hall–Kier alpha value is -0.780. The lowest BCUT2D eigenvalue weighted by Crippen LogP contribution is -1.87. The fraction of sp³-hybridized carbons (Fsp3) is 0.500. The zero-order valence-electron chi connectivity index (χ0n) is 8.99. The third-order valence-corrected chi connectivity index (χ3v) is 1.90. The van der Waals surface area contributed by atoms with Gasteiger partial charge >= 0.3 is 0 Å². The number of rotatable bonds is 3. The highest BCUT2D eigenvalue weighted by Crippen LogP contribution is 2.18. The fourth-order valence-electron chi connectivity index (χ4n) is 1.48. The van der Waals surface area contributed by atoms with Crippen LogP contribution >= 0.6 is 0 Å². The van der Waals surface area contributed by atoms with Gasteiger partial charge < -0.3 is 0 Å². The summed E-state index contributed by atoms with van der Waals surface area (Å²) >= 11 is 0. The summed E-state index contributed by atoms with van der Waals surface area (Å²) in [6.45, 7) is 14.6. The third-order valence-electron chi connectivity index (χ3n) is 1.90. The van der Waals surface area contributed by atoms with Crippen molar-refractivity contribution in [3.63, 3.8) is 0 Å².